The first kappa shape index (κ1) is 15.9. The van der Waals surface area contributed by atoms with E-state index in [0.717, 1.165) is 5.56 Å². The lowest BCUT2D eigenvalue weighted by Crippen LogP contribution is -2.27. The molecule has 0 heterocycles. The lowest BCUT2D eigenvalue weighted by Gasteiger charge is -2.07. The summed E-state index contributed by atoms with van der Waals surface area (Å²) in [5, 5.41) is 14.2. The molecule has 0 fully saturated rings. The molecule has 1 aromatic carbocycles. The van der Waals surface area contributed by atoms with E-state index in [1.165, 1.54) is 0 Å². The van der Waals surface area contributed by atoms with Gasteiger partial charge in [-0.2, -0.15) is 0 Å². The van der Waals surface area contributed by atoms with Crippen molar-refractivity contribution < 1.29 is 19.5 Å². The van der Waals surface area contributed by atoms with Crippen molar-refractivity contribution in [1.29, 1.82) is 0 Å². The molecule has 1 rings (SSSR count). The number of benzene rings is 1. The molecule has 20 heavy (non-hydrogen) atoms. The van der Waals surface area contributed by atoms with Crippen LogP contribution in [0.1, 0.15) is 11.1 Å². The van der Waals surface area contributed by atoms with E-state index in [0.29, 0.717) is 25.3 Å². The molecule has 0 radical (unpaired) electrons. The SMILES string of the molecule is COCCOCC(=O)NCc1ccc(/C(N)=N/O)cc1. The van der Waals surface area contributed by atoms with Gasteiger partial charge in [-0.05, 0) is 5.56 Å². The summed E-state index contributed by atoms with van der Waals surface area (Å²) in [6.45, 7) is 1.25. The number of nitrogens with one attached hydrogen (secondary N) is 1. The number of amides is 1. The van der Waals surface area contributed by atoms with E-state index >= 15 is 0 Å². The predicted molar refractivity (Wildman–Crippen MR) is 73.5 cm³/mol. The van der Waals surface area contributed by atoms with Gasteiger partial charge in [0.2, 0.25) is 5.91 Å². The van der Waals surface area contributed by atoms with Crippen molar-refractivity contribution in [2.75, 3.05) is 26.9 Å². The maximum atomic E-state index is 11.5. The molecule has 7 heteroatoms. The second kappa shape index (κ2) is 8.89. The van der Waals surface area contributed by atoms with E-state index < -0.39 is 0 Å². The fourth-order valence-corrected chi connectivity index (χ4v) is 1.41. The molecule has 0 aromatic heterocycles. The Morgan fingerprint density at radius 3 is 2.65 bits per heavy atom. The number of hydrogen-bond acceptors (Lipinski definition) is 5. The number of hydrogen-bond donors (Lipinski definition) is 3. The van der Waals surface area contributed by atoms with Gasteiger partial charge < -0.3 is 25.7 Å². The van der Waals surface area contributed by atoms with Crippen molar-refractivity contribution in [2.45, 2.75) is 6.54 Å². The average Bonchev–Trinajstić information content (AvgIpc) is 2.49. The zero-order valence-electron chi connectivity index (χ0n) is 11.3. The van der Waals surface area contributed by atoms with Crippen LogP contribution in [0, 0.1) is 0 Å². The number of rotatable bonds is 8. The van der Waals surface area contributed by atoms with Crippen molar-refractivity contribution in [2.24, 2.45) is 10.9 Å². The maximum absolute atomic E-state index is 11.5. The molecule has 0 bridgehead atoms. The number of oxime groups is 1. The fourth-order valence-electron chi connectivity index (χ4n) is 1.41. The van der Waals surface area contributed by atoms with Gasteiger partial charge in [0.15, 0.2) is 5.84 Å². The number of nitrogens with zero attached hydrogens (tertiary/aromatic N) is 1. The molecule has 7 nitrogen and oxygen atoms in total. The van der Waals surface area contributed by atoms with Gasteiger partial charge >= 0.3 is 0 Å². The molecular formula is C13H19N3O4. The molecule has 0 aliphatic carbocycles. The molecule has 1 aromatic rings. The van der Waals surface area contributed by atoms with E-state index in [2.05, 4.69) is 10.5 Å². The smallest absolute Gasteiger partial charge is 0.246 e. The highest BCUT2D eigenvalue weighted by molar-refractivity contribution is 5.96. The van der Waals surface area contributed by atoms with Crippen LogP contribution < -0.4 is 11.1 Å². The van der Waals surface area contributed by atoms with E-state index in [-0.39, 0.29) is 18.3 Å². The van der Waals surface area contributed by atoms with Gasteiger partial charge in [-0.3, -0.25) is 4.79 Å². The largest absolute Gasteiger partial charge is 0.409 e. The predicted octanol–water partition coefficient (Wildman–Crippen LogP) is 0.0603. The summed E-state index contributed by atoms with van der Waals surface area (Å²) >= 11 is 0. The second-order valence-corrected chi connectivity index (χ2v) is 4.00. The molecule has 0 atom stereocenters. The first-order chi connectivity index (χ1) is 9.67. The first-order valence-corrected chi connectivity index (χ1v) is 6.07. The van der Waals surface area contributed by atoms with Crippen molar-refractivity contribution in [3.05, 3.63) is 35.4 Å². The molecule has 1 amide bonds. The second-order valence-electron chi connectivity index (χ2n) is 4.00. The Balaban J connectivity index is 2.33. The summed E-state index contributed by atoms with van der Waals surface area (Å²) in [6, 6.07) is 7.01. The molecule has 0 unspecified atom stereocenters. The third kappa shape index (κ3) is 5.68. The first-order valence-electron chi connectivity index (χ1n) is 6.07. The number of carbonyl (C=O) groups excluding carboxylic acids is 1. The van der Waals surface area contributed by atoms with Crippen LogP contribution in [0.5, 0.6) is 0 Å². The van der Waals surface area contributed by atoms with Gasteiger partial charge in [0, 0.05) is 19.2 Å². The van der Waals surface area contributed by atoms with Gasteiger partial charge in [-0.15, -0.1) is 0 Å². The van der Waals surface area contributed by atoms with Crippen molar-refractivity contribution in [3.8, 4) is 0 Å². The Morgan fingerprint density at radius 2 is 2.05 bits per heavy atom. The van der Waals surface area contributed by atoms with Crippen molar-refractivity contribution in [1.82, 2.24) is 5.32 Å². The molecular weight excluding hydrogens is 262 g/mol. The standard InChI is InChI=1S/C13H19N3O4/c1-19-6-7-20-9-12(17)15-8-10-2-4-11(5-3-10)13(14)16-18/h2-5,18H,6-9H2,1H3,(H2,14,16)(H,15,17). The lowest BCUT2D eigenvalue weighted by molar-refractivity contribution is -0.126. The average molecular weight is 281 g/mol. The van der Waals surface area contributed by atoms with E-state index in [1.54, 1.807) is 31.4 Å². The molecule has 0 aliphatic rings. The Kier molecular flexibility index (Phi) is 7.08. The zero-order chi connectivity index (χ0) is 14.8. The van der Waals surface area contributed by atoms with E-state index in [4.69, 9.17) is 20.4 Å². The minimum absolute atomic E-state index is 0.00552. The normalized spacial score (nSPS) is 11.3. The monoisotopic (exact) mass is 281 g/mol. The number of carbonyl (C=O) groups is 1. The van der Waals surface area contributed by atoms with Gasteiger partial charge in [-0.25, -0.2) is 0 Å². The maximum Gasteiger partial charge on any atom is 0.246 e. The highest BCUT2D eigenvalue weighted by Gasteiger charge is 2.02. The Labute approximate surface area is 117 Å². The number of methoxy groups -OCH3 is 1. The number of amidine groups is 1. The van der Waals surface area contributed by atoms with E-state index in [9.17, 15) is 4.79 Å². The Morgan fingerprint density at radius 1 is 1.35 bits per heavy atom. The van der Waals surface area contributed by atoms with Gasteiger partial charge in [0.25, 0.3) is 0 Å². The number of nitrogens with two attached hydrogens (primary N) is 1. The third-order valence-corrected chi connectivity index (χ3v) is 2.51. The summed E-state index contributed by atoms with van der Waals surface area (Å²) in [4.78, 5) is 11.5. The van der Waals surface area contributed by atoms with Crippen molar-refractivity contribution >= 4 is 11.7 Å². The van der Waals surface area contributed by atoms with Crippen LogP contribution >= 0.6 is 0 Å². The summed E-state index contributed by atoms with van der Waals surface area (Å²) in [5.41, 5.74) is 6.97. The van der Waals surface area contributed by atoms with Crippen molar-refractivity contribution in [3.63, 3.8) is 0 Å². The molecule has 4 N–H and O–H groups in total. The Hall–Kier alpha value is -2.12. The van der Waals surface area contributed by atoms with E-state index in [1.807, 2.05) is 0 Å². The third-order valence-electron chi connectivity index (χ3n) is 2.51. The molecule has 0 saturated carbocycles. The Bertz CT molecular complexity index is 445. The quantitative estimate of drug-likeness (QED) is 0.205. The molecule has 0 aliphatic heterocycles. The molecule has 110 valence electrons. The van der Waals surface area contributed by atoms with Crippen LogP contribution in [0.2, 0.25) is 0 Å². The molecule has 0 spiro atoms. The van der Waals surface area contributed by atoms with Crippen LogP contribution in [0.15, 0.2) is 29.4 Å². The minimum Gasteiger partial charge on any atom is -0.409 e. The molecule has 0 saturated heterocycles. The highest BCUT2D eigenvalue weighted by atomic mass is 16.5. The van der Waals surface area contributed by atoms with Crippen LogP contribution in [0.3, 0.4) is 0 Å². The summed E-state index contributed by atoms with van der Waals surface area (Å²) in [6.07, 6.45) is 0. The van der Waals surface area contributed by atoms with Crippen LogP contribution in [-0.4, -0.2) is 43.9 Å². The fraction of sp³-hybridized carbons (Fsp3) is 0.385. The van der Waals surface area contributed by atoms with Crippen LogP contribution in [0.25, 0.3) is 0 Å². The lowest BCUT2D eigenvalue weighted by atomic mass is 10.1. The highest BCUT2D eigenvalue weighted by Crippen LogP contribution is 2.04. The number of ether oxygens (including phenoxy) is 2. The van der Waals surface area contributed by atoms with Gasteiger partial charge in [0.05, 0.1) is 13.2 Å². The minimum atomic E-state index is -0.193. The summed E-state index contributed by atoms with van der Waals surface area (Å²) in [5.74, 6) is -0.145. The summed E-state index contributed by atoms with van der Waals surface area (Å²) < 4.78 is 9.89. The van der Waals surface area contributed by atoms with Crippen LogP contribution in [-0.2, 0) is 20.8 Å². The summed E-state index contributed by atoms with van der Waals surface area (Å²) in [7, 11) is 1.57. The van der Waals surface area contributed by atoms with Gasteiger partial charge in [0.1, 0.15) is 6.61 Å². The van der Waals surface area contributed by atoms with Gasteiger partial charge in [-0.1, -0.05) is 29.4 Å². The topological polar surface area (TPSA) is 106 Å². The van der Waals surface area contributed by atoms with Crippen LogP contribution in [0.4, 0.5) is 0 Å². The zero-order valence-corrected chi connectivity index (χ0v) is 11.3.